The van der Waals surface area contributed by atoms with E-state index in [9.17, 15) is 74.9 Å². The highest BCUT2D eigenvalue weighted by Gasteiger charge is 2.58. The number of ether oxygens (including phenoxy) is 7. The van der Waals surface area contributed by atoms with E-state index >= 15 is 0 Å². The molecule has 3 aliphatic rings. The summed E-state index contributed by atoms with van der Waals surface area (Å²) in [5.74, 6) is -1.97. The fourth-order valence-electron chi connectivity index (χ4n) is 13.2. The maximum Gasteiger partial charge on any atom is 0.472 e. The van der Waals surface area contributed by atoms with E-state index in [-0.39, 0.29) is 19.3 Å². The van der Waals surface area contributed by atoms with Crippen molar-refractivity contribution in [2.45, 2.75) is 427 Å². The number of unbranched alkanes of at least 4 members (excludes halogenated alkanes) is 41. The van der Waals surface area contributed by atoms with Gasteiger partial charge >= 0.3 is 25.7 Å². The fourth-order valence-corrected chi connectivity index (χ4v) is 14.2. The molecular formula is C74H139O24P. The zero-order valence-corrected chi connectivity index (χ0v) is 61.9. The first-order chi connectivity index (χ1) is 47.8. The van der Waals surface area contributed by atoms with Crippen molar-refractivity contribution in [3.63, 3.8) is 0 Å². The lowest BCUT2D eigenvalue weighted by Gasteiger charge is -2.49. The second kappa shape index (κ2) is 56.3. The Hall–Kier alpha value is -2.04. The topological polar surface area (TPSA) is 374 Å². The number of carbonyl (C=O) groups is 3. The van der Waals surface area contributed by atoms with Crippen molar-refractivity contribution < 1.29 is 117 Å². The van der Waals surface area contributed by atoms with Gasteiger partial charge in [-0.15, -0.1) is 0 Å². The van der Waals surface area contributed by atoms with Crippen LogP contribution in [0.5, 0.6) is 0 Å². The van der Waals surface area contributed by atoms with E-state index in [1.54, 1.807) is 0 Å². The Kier molecular flexibility index (Phi) is 51.9. The van der Waals surface area contributed by atoms with Crippen LogP contribution in [0.2, 0.25) is 0 Å². The second-order valence-electron chi connectivity index (χ2n) is 28.4. The standard InChI is InChI=1S/C74H139O24P/c1-4-7-10-13-16-19-22-25-28-29-32-35-38-41-44-47-50-60(78)93-55(52-90-58(76)48-45-42-39-36-33-30-26-23-20-17-14-11-8-5-2)53-92-99(88,89)98-72-70(96-73-68(86)63(81)61(79)56(51-75)94-73)66(84)65(83)67(85)71(72)97-74-69(87)64(82)62(80)57(95-74)54-91-59(77)49-46-43-40-37-34-31-27-24-21-18-15-12-9-6-3/h55-57,61-75,79-87H,4-54H2,1-3H3,(H,88,89). The van der Waals surface area contributed by atoms with Crippen molar-refractivity contribution in [2.75, 3.05) is 26.4 Å². The summed E-state index contributed by atoms with van der Waals surface area (Å²) in [5.41, 5.74) is 0. The van der Waals surface area contributed by atoms with Crippen LogP contribution in [-0.4, -0.2) is 204 Å². The molecule has 18 unspecified atom stereocenters. The highest BCUT2D eigenvalue weighted by Crippen LogP contribution is 2.49. The van der Waals surface area contributed by atoms with Gasteiger partial charge in [0.2, 0.25) is 0 Å². The van der Waals surface area contributed by atoms with Crippen LogP contribution in [0.1, 0.15) is 323 Å². The summed E-state index contributed by atoms with van der Waals surface area (Å²) < 4.78 is 65.1. The van der Waals surface area contributed by atoms with Gasteiger partial charge in [0.1, 0.15) is 98.7 Å². The monoisotopic (exact) mass is 1440 g/mol. The van der Waals surface area contributed by atoms with E-state index in [0.29, 0.717) is 19.3 Å². The second-order valence-corrected chi connectivity index (χ2v) is 29.8. The van der Waals surface area contributed by atoms with Crippen molar-refractivity contribution in [3.05, 3.63) is 0 Å². The first kappa shape index (κ1) is 91.2. The molecule has 0 spiro atoms. The SMILES string of the molecule is CCCCCCCCCCCCCCCCCCC(=O)OC(COC(=O)CCCCCCCCCCCCCCCC)COP(=O)(O)OC1C(OC2OC(CO)C(O)C(O)C2O)C(O)C(O)C(O)C1OC1OC(COC(=O)CCCCCCCCCCCCCCCC)C(O)C(O)C1O. The predicted octanol–water partition coefficient (Wildman–Crippen LogP) is 11.4. The van der Waals surface area contributed by atoms with Crippen LogP contribution < -0.4 is 0 Å². The van der Waals surface area contributed by atoms with Crippen molar-refractivity contribution in [1.29, 1.82) is 0 Å². The van der Waals surface area contributed by atoms with Gasteiger partial charge in [-0.05, 0) is 19.3 Å². The molecule has 0 amide bonds. The Labute approximate surface area is 593 Å². The molecular weight excluding hydrogens is 1300 g/mol. The third-order valence-corrected chi connectivity index (χ3v) is 20.6. The Morgan fingerprint density at radius 1 is 0.354 bits per heavy atom. The number of carbonyl (C=O) groups excluding carboxylic acids is 3. The number of rotatable bonds is 62. The first-order valence-electron chi connectivity index (χ1n) is 39.3. The summed E-state index contributed by atoms with van der Waals surface area (Å²) in [5, 5.41) is 110. The molecule has 2 heterocycles. The largest absolute Gasteiger partial charge is 0.472 e. The number of aliphatic hydroxyl groups excluding tert-OH is 10. The van der Waals surface area contributed by atoms with E-state index in [1.807, 2.05) is 0 Å². The quantitative estimate of drug-likeness (QED) is 0.0117. The zero-order valence-electron chi connectivity index (χ0n) is 61.1. The first-order valence-corrected chi connectivity index (χ1v) is 40.8. The van der Waals surface area contributed by atoms with Crippen molar-refractivity contribution >= 4 is 25.7 Å². The third kappa shape index (κ3) is 39.2. The highest BCUT2D eigenvalue weighted by molar-refractivity contribution is 7.47. The normalized spacial score (nSPS) is 27.4. The maximum absolute atomic E-state index is 14.3. The van der Waals surface area contributed by atoms with Gasteiger partial charge < -0.3 is 89.1 Å². The van der Waals surface area contributed by atoms with Gasteiger partial charge in [-0.2, -0.15) is 0 Å². The van der Waals surface area contributed by atoms with Gasteiger partial charge in [0.05, 0.1) is 13.2 Å². The van der Waals surface area contributed by atoms with E-state index in [4.69, 9.17) is 42.2 Å². The van der Waals surface area contributed by atoms with E-state index in [2.05, 4.69) is 20.8 Å². The van der Waals surface area contributed by atoms with Crippen molar-refractivity contribution in [3.8, 4) is 0 Å². The van der Waals surface area contributed by atoms with Gasteiger partial charge in [-0.1, -0.05) is 284 Å². The average molecular weight is 1440 g/mol. The smallest absolute Gasteiger partial charge is 0.463 e. The number of esters is 3. The molecule has 24 nitrogen and oxygen atoms in total. The molecule has 0 aromatic carbocycles. The molecule has 584 valence electrons. The average Bonchev–Trinajstić information content (AvgIpc) is 0.765. The predicted molar refractivity (Wildman–Crippen MR) is 375 cm³/mol. The van der Waals surface area contributed by atoms with E-state index in [1.165, 1.54) is 173 Å². The number of phosphoric acid groups is 1. The molecule has 0 aromatic heterocycles. The number of aliphatic hydroxyl groups is 10. The Bertz CT molecular complexity index is 2050. The summed E-state index contributed by atoms with van der Waals surface area (Å²) >= 11 is 0. The molecule has 2 aliphatic heterocycles. The molecule has 0 aromatic rings. The number of hydrogen-bond acceptors (Lipinski definition) is 23. The van der Waals surface area contributed by atoms with E-state index in [0.717, 1.165) is 89.9 Å². The minimum absolute atomic E-state index is 0.0327. The van der Waals surface area contributed by atoms with Gasteiger partial charge in [0.25, 0.3) is 0 Å². The van der Waals surface area contributed by atoms with Crippen LogP contribution in [-0.2, 0) is 61.2 Å². The van der Waals surface area contributed by atoms with Gasteiger partial charge in [0.15, 0.2) is 18.7 Å². The van der Waals surface area contributed by atoms with Crippen molar-refractivity contribution in [2.24, 2.45) is 0 Å². The highest BCUT2D eigenvalue weighted by atomic mass is 31.2. The number of phosphoric ester groups is 1. The summed E-state index contributed by atoms with van der Waals surface area (Å²) in [6, 6.07) is 0. The van der Waals surface area contributed by atoms with Crippen LogP contribution in [0.4, 0.5) is 0 Å². The van der Waals surface area contributed by atoms with Gasteiger partial charge in [-0.3, -0.25) is 23.4 Å². The fraction of sp³-hybridized carbons (Fsp3) is 0.959. The molecule has 3 fully saturated rings. The lowest BCUT2D eigenvalue weighted by atomic mass is 9.84. The molecule has 99 heavy (non-hydrogen) atoms. The maximum atomic E-state index is 14.3. The van der Waals surface area contributed by atoms with Gasteiger partial charge in [-0.25, -0.2) is 4.57 Å². The lowest BCUT2D eigenvalue weighted by Crippen LogP contribution is -2.69. The lowest BCUT2D eigenvalue weighted by molar-refractivity contribution is -0.360. The van der Waals surface area contributed by atoms with Crippen LogP contribution in [0.25, 0.3) is 0 Å². The summed E-state index contributed by atoms with van der Waals surface area (Å²) in [6.07, 6.45) is 14.3. The molecule has 2 saturated heterocycles. The van der Waals surface area contributed by atoms with Crippen LogP contribution >= 0.6 is 7.82 Å². The Morgan fingerprint density at radius 2 is 0.646 bits per heavy atom. The van der Waals surface area contributed by atoms with Gasteiger partial charge in [0, 0.05) is 19.3 Å². The molecule has 11 N–H and O–H groups in total. The Morgan fingerprint density at radius 3 is 0.990 bits per heavy atom. The summed E-state index contributed by atoms with van der Waals surface area (Å²) in [7, 11) is -5.69. The molecule has 0 bridgehead atoms. The minimum atomic E-state index is -5.69. The molecule has 18 atom stereocenters. The Balaban J connectivity index is 1.72. The summed E-state index contributed by atoms with van der Waals surface area (Å²) in [6.45, 7) is 3.49. The van der Waals surface area contributed by atoms with Crippen LogP contribution in [0, 0.1) is 0 Å². The molecule has 0 radical (unpaired) electrons. The van der Waals surface area contributed by atoms with Crippen LogP contribution in [0.15, 0.2) is 0 Å². The molecule has 25 heteroatoms. The minimum Gasteiger partial charge on any atom is -0.463 e. The summed E-state index contributed by atoms with van der Waals surface area (Å²) in [4.78, 5) is 51.1. The number of hydrogen-bond donors (Lipinski definition) is 11. The molecule has 1 saturated carbocycles. The van der Waals surface area contributed by atoms with E-state index < -0.39 is 156 Å². The molecule has 3 rings (SSSR count). The zero-order chi connectivity index (χ0) is 72.5. The van der Waals surface area contributed by atoms with Crippen molar-refractivity contribution in [1.82, 2.24) is 0 Å². The third-order valence-electron chi connectivity index (χ3n) is 19.6. The molecule has 1 aliphatic carbocycles. The van der Waals surface area contributed by atoms with Crippen LogP contribution in [0.3, 0.4) is 0 Å².